The van der Waals surface area contributed by atoms with Crippen molar-refractivity contribution in [3.05, 3.63) is 35.9 Å². The second-order valence-corrected chi connectivity index (χ2v) is 3.07. The van der Waals surface area contributed by atoms with Crippen LogP contribution in [-0.2, 0) is 11.3 Å². The molecule has 0 aromatic heterocycles. The summed E-state index contributed by atoms with van der Waals surface area (Å²) >= 11 is 0. The molecule has 1 aromatic rings. The maximum atomic E-state index is 11.1. The standard InChI is InChI=1S/C11H12N2O3/c12-6-10(7-14)13-11(15)16-8-9-4-2-1-3-5-9/h1-5,10,14H,7-8H2,(H,13,15). The molecule has 0 saturated heterocycles. The minimum absolute atomic E-state index is 0.135. The molecule has 0 saturated carbocycles. The Morgan fingerprint density at radius 3 is 2.75 bits per heavy atom. The van der Waals surface area contributed by atoms with Crippen molar-refractivity contribution >= 4 is 6.09 Å². The van der Waals surface area contributed by atoms with E-state index in [9.17, 15) is 4.79 Å². The number of nitriles is 1. The van der Waals surface area contributed by atoms with Crippen LogP contribution >= 0.6 is 0 Å². The molecule has 0 bridgehead atoms. The van der Waals surface area contributed by atoms with Gasteiger partial charge in [0.25, 0.3) is 0 Å². The number of hydrogen-bond acceptors (Lipinski definition) is 4. The molecule has 0 aliphatic heterocycles. The van der Waals surface area contributed by atoms with E-state index in [4.69, 9.17) is 15.1 Å². The molecular formula is C11H12N2O3. The maximum Gasteiger partial charge on any atom is 0.408 e. The number of carbonyl (C=O) groups excluding carboxylic acids is 1. The van der Waals surface area contributed by atoms with Crippen LogP contribution in [0.25, 0.3) is 0 Å². The van der Waals surface area contributed by atoms with Gasteiger partial charge in [0.2, 0.25) is 0 Å². The van der Waals surface area contributed by atoms with Crippen LogP contribution in [0.2, 0.25) is 0 Å². The zero-order chi connectivity index (χ0) is 11.8. The number of hydrogen-bond donors (Lipinski definition) is 2. The van der Waals surface area contributed by atoms with Crippen molar-refractivity contribution in [2.45, 2.75) is 12.6 Å². The van der Waals surface area contributed by atoms with Crippen molar-refractivity contribution in [2.24, 2.45) is 0 Å². The predicted octanol–water partition coefficient (Wildman–Crippen LogP) is 0.797. The third kappa shape index (κ3) is 3.98. The van der Waals surface area contributed by atoms with E-state index in [1.54, 1.807) is 6.07 Å². The van der Waals surface area contributed by atoms with E-state index in [2.05, 4.69) is 5.32 Å². The van der Waals surface area contributed by atoms with Gasteiger partial charge in [-0.1, -0.05) is 30.3 Å². The Kier molecular flexibility index (Phi) is 4.83. The monoisotopic (exact) mass is 220 g/mol. The number of aliphatic hydroxyl groups excluding tert-OH is 1. The number of nitrogens with one attached hydrogen (secondary N) is 1. The molecule has 0 heterocycles. The van der Waals surface area contributed by atoms with Gasteiger partial charge in [0.1, 0.15) is 12.6 Å². The lowest BCUT2D eigenvalue weighted by atomic mass is 10.2. The molecule has 1 atom stereocenters. The fourth-order valence-electron chi connectivity index (χ4n) is 1.03. The van der Waals surface area contributed by atoms with Crippen molar-refractivity contribution < 1.29 is 14.6 Å². The first kappa shape index (κ1) is 12.0. The van der Waals surface area contributed by atoms with Crippen molar-refractivity contribution in [1.82, 2.24) is 5.32 Å². The molecule has 1 rings (SSSR count). The summed E-state index contributed by atoms with van der Waals surface area (Å²) in [7, 11) is 0. The number of benzene rings is 1. The zero-order valence-corrected chi connectivity index (χ0v) is 8.59. The molecule has 2 N–H and O–H groups in total. The van der Waals surface area contributed by atoms with Gasteiger partial charge in [-0.25, -0.2) is 4.79 Å². The molecule has 1 amide bonds. The summed E-state index contributed by atoms with van der Waals surface area (Å²) in [5.74, 6) is 0. The van der Waals surface area contributed by atoms with Crippen molar-refractivity contribution in [3.8, 4) is 6.07 Å². The SMILES string of the molecule is N#CC(CO)NC(=O)OCc1ccccc1. The number of ether oxygens (including phenoxy) is 1. The van der Waals surface area contributed by atoms with E-state index in [0.29, 0.717) is 0 Å². The zero-order valence-electron chi connectivity index (χ0n) is 8.59. The second-order valence-electron chi connectivity index (χ2n) is 3.07. The summed E-state index contributed by atoms with van der Waals surface area (Å²) in [6.07, 6.45) is -0.718. The van der Waals surface area contributed by atoms with Gasteiger partial charge < -0.3 is 15.2 Å². The minimum Gasteiger partial charge on any atom is -0.445 e. The Morgan fingerprint density at radius 2 is 2.19 bits per heavy atom. The van der Waals surface area contributed by atoms with E-state index in [1.807, 2.05) is 30.3 Å². The summed E-state index contributed by atoms with van der Waals surface area (Å²) in [4.78, 5) is 11.1. The van der Waals surface area contributed by atoms with E-state index in [1.165, 1.54) is 0 Å². The lowest BCUT2D eigenvalue weighted by Gasteiger charge is -2.09. The number of alkyl carbamates (subject to hydrolysis) is 1. The van der Waals surface area contributed by atoms with Gasteiger partial charge in [0, 0.05) is 0 Å². The van der Waals surface area contributed by atoms with Gasteiger partial charge in [-0.2, -0.15) is 5.26 Å². The number of nitrogens with zero attached hydrogens (tertiary/aromatic N) is 1. The van der Waals surface area contributed by atoms with Crippen molar-refractivity contribution in [3.63, 3.8) is 0 Å². The first-order valence-corrected chi connectivity index (χ1v) is 4.74. The molecule has 0 aliphatic carbocycles. The van der Waals surface area contributed by atoms with Gasteiger partial charge >= 0.3 is 6.09 Å². The Bertz CT molecular complexity index is 373. The highest BCUT2D eigenvalue weighted by Crippen LogP contribution is 2.00. The van der Waals surface area contributed by atoms with Crippen LogP contribution in [0.3, 0.4) is 0 Å². The average Bonchev–Trinajstić information content (AvgIpc) is 2.34. The van der Waals surface area contributed by atoms with Gasteiger partial charge in [0.15, 0.2) is 0 Å². The van der Waals surface area contributed by atoms with E-state index in [0.717, 1.165) is 5.56 Å². The Morgan fingerprint density at radius 1 is 1.50 bits per heavy atom. The quantitative estimate of drug-likeness (QED) is 0.786. The molecule has 1 aromatic carbocycles. The van der Waals surface area contributed by atoms with Crippen LogP contribution in [0.1, 0.15) is 5.56 Å². The third-order valence-corrected chi connectivity index (χ3v) is 1.84. The fourth-order valence-corrected chi connectivity index (χ4v) is 1.03. The number of rotatable bonds is 4. The Balaban J connectivity index is 2.34. The molecule has 84 valence electrons. The lowest BCUT2D eigenvalue weighted by molar-refractivity contribution is 0.133. The van der Waals surface area contributed by atoms with Gasteiger partial charge in [-0.15, -0.1) is 0 Å². The molecular weight excluding hydrogens is 208 g/mol. The van der Waals surface area contributed by atoms with E-state index >= 15 is 0 Å². The normalized spacial score (nSPS) is 11.2. The van der Waals surface area contributed by atoms with Crippen LogP contribution < -0.4 is 5.32 Å². The summed E-state index contributed by atoms with van der Waals surface area (Å²) in [6.45, 7) is -0.298. The third-order valence-electron chi connectivity index (χ3n) is 1.84. The summed E-state index contributed by atoms with van der Waals surface area (Å²) in [5.41, 5.74) is 0.857. The maximum absolute atomic E-state index is 11.1. The lowest BCUT2D eigenvalue weighted by Crippen LogP contribution is -2.36. The molecule has 1 unspecified atom stereocenters. The second kappa shape index (κ2) is 6.43. The van der Waals surface area contributed by atoms with Crippen LogP contribution in [0.5, 0.6) is 0 Å². The summed E-state index contributed by atoms with van der Waals surface area (Å²) in [6, 6.07) is 9.97. The van der Waals surface area contributed by atoms with Crippen molar-refractivity contribution in [2.75, 3.05) is 6.61 Å². The van der Waals surface area contributed by atoms with Crippen molar-refractivity contribution in [1.29, 1.82) is 5.26 Å². The van der Waals surface area contributed by atoms with Gasteiger partial charge in [-0.05, 0) is 5.56 Å². The molecule has 5 nitrogen and oxygen atoms in total. The van der Waals surface area contributed by atoms with E-state index < -0.39 is 18.7 Å². The average molecular weight is 220 g/mol. The topological polar surface area (TPSA) is 82.4 Å². The summed E-state index contributed by atoms with van der Waals surface area (Å²) < 4.78 is 4.85. The van der Waals surface area contributed by atoms with E-state index in [-0.39, 0.29) is 6.61 Å². The minimum atomic E-state index is -0.928. The Labute approximate surface area is 93.3 Å². The highest BCUT2D eigenvalue weighted by molar-refractivity contribution is 5.68. The first-order valence-electron chi connectivity index (χ1n) is 4.74. The highest BCUT2D eigenvalue weighted by Gasteiger charge is 2.10. The molecule has 0 fully saturated rings. The van der Waals surface area contributed by atoms with Gasteiger partial charge in [0.05, 0.1) is 12.7 Å². The number of amides is 1. The molecule has 16 heavy (non-hydrogen) atoms. The van der Waals surface area contributed by atoms with Crippen LogP contribution in [-0.4, -0.2) is 23.8 Å². The van der Waals surface area contributed by atoms with Crippen LogP contribution in [0.15, 0.2) is 30.3 Å². The Hall–Kier alpha value is -2.06. The first-order chi connectivity index (χ1) is 7.76. The van der Waals surface area contributed by atoms with Gasteiger partial charge in [-0.3, -0.25) is 0 Å². The predicted molar refractivity (Wildman–Crippen MR) is 56.2 cm³/mol. The smallest absolute Gasteiger partial charge is 0.408 e. The largest absolute Gasteiger partial charge is 0.445 e. The number of carbonyl (C=O) groups is 1. The summed E-state index contributed by atoms with van der Waals surface area (Å²) in [5, 5.41) is 19.4. The fraction of sp³-hybridized carbons (Fsp3) is 0.273. The molecule has 0 spiro atoms. The van der Waals surface area contributed by atoms with Crippen LogP contribution in [0, 0.1) is 11.3 Å². The molecule has 0 aliphatic rings. The molecule has 5 heteroatoms. The molecule has 0 radical (unpaired) electrons. The highest BCUT2D eigenvalue weighted by atomic mass is 16.5. The number of aliphatic hydroxyl groups is 1. The van der Waals surface area contributed by atoms with Crippen LogP contribution in [0.4, 0.5) is 4.79 Å².